The SMILES string of the molecule is C=C[S+](C=C)c1ccc(O)c2c1C=CCC2. The summed E-state index contributed by atoms with van der Waals surface area (Å²) < 4.78 is 0. The summed E-state index contributed by atoms with van der Waals surface area (Å²) in [6.07, 6.45) is 6.16. The summed E-state index contributed by atoms with van der Waals surface area (Å²) in [7, 11) is -0.134. The molecule has 0 atom stereocenters. The summed E-state index contributed by atoms with van der Waals surface area (Å²) in [5.74, 6) is 0.403. The van der Waals surface area contributed by atoms with Crippen LogP contribution in [0.4, 0.5) is 0 Å². The molecule has 1 aromatic rings. The third-order valence-corrected chi connectivity index (χ3v) is 4.33. The van der Waals surface area contributed by atoms with Gasteiger partial charge in [0.05, 0.1) is 10.9 Å². The maximum atomic E-state index is 9.83. The van der Waals surface area contributed by atoms with Crippen molar-refractivity contribution in [2.24, 2.45) is 0 Å². The van der Waals surface area contributed by atoms with E-state index in [-0.39, 0.29) is 10.9 Å². The van der Waals surface area contributed by atoms with Gasteiger partial charge in [0.25, 0.3) is 0 Å². The molecule has 0 bridgehead atoms. The number of phenolic OH excluding ortho intramolecular Hbond substituents is 1. The van der Waals surface area contributed by atoms with Crippen molar-refractivity contribution < 1.29 is 5.11 Å². The van der Waals surface area contributed by atoms with Crippen LogP contribution in [0.1, 0.15) is 17.5 Å². The van der Waals surface area contributed by atoms with Crippen LogP contribution in [0.3, 0.4) is 0 Å². The van der Waals surface area contributed by atoms with Gasteiger partial charge < -0.3 is 5.11 Å². The lowest BCUT2D eigenvalue weighted by Crippen LogP contribution is -2.03. The molecular weight excluding hydrogens is 216 g/mol. The molecule has 0 aliphatic heterocycles. The maximum absolute atomic E-state index is 9.83. The lowest BCUT2D eigenvalue weighted by molar-refractivity contribution is 0.467. The van der Waals surface area contributed by atoms with E-state index in [0.717, 1.165) is 24.0 Å². The molecule has 2 heteroatoms. The number of hydrogen-bond acceptors (Lipinski definition) is 1. The monoisotopic (exact) mass is 231 g/mol. The molecule has 82 valence electrons. The molecule has 16 heavy (non-hydrogen) atoms. The molecule has 1 aliphatic carbocycles. The summed E-state index contributed by atoms with van der Waals surface area (Å²) in [4.78, 5) is 1.20. The molecule has 1 aliphatic rings. The van der Waals surface area contributed by atoms with Gasteiger partial charge in [0.2, 0.25) is 0 Å². The molecule has 0 amide bonds. The highest BCUT2D eigenvalue weighted by Gasteiger charge is 2.23. The smallest absolute Gasteiger partial charge is 0.173 e. The van der Waals surface area contributed by atoms with Crippen LogP contribution in [0.5, 0.6) is 5.75 Å². The van der Waals surface area contributed by atoms with Crippen LogP contribution in [0, 0.1) is 0 Å². The van der Waals surface area contributed by atoms with Crippen LogP contribution in [-0.2, 0) is 17.3 Å². The standard InChI is InChI=1S/C14H14OS/c1-3-16(4-2)14-10-9-13(15)11-7-5-6-8-12(11)14/h3-4,6,8-10H,1-2,5,7H2/p+1. The van der Waals surface area contributed by atoms with Crippen molar-refractivity contribution in [1.82, 2.24) is 0 Å². The predicted molar refractivity (Wildman–Crippen MR) is 71.5 cm³/mol. The van der Waals surface area contributed by atoms with E-state index in [1.54, 1.807) is 6.07 Å². The van der Waals surface area contributed by atoms with Gasteiger partial charge in [-0.25, -0.2) is 0 Å². The lowest BCUT2D eigenvalue weighted by Gasteiger charge is -2.13. The van der Waals surface area contributed by atoms with Gasteiger partial charge in [0, 0.05) is 11.1 Å². The zero-order valence-corrected chi connectivity index (χ0v) is 9.96. The van der Waals surface area contributed by atoms with Crippen LogP contribution < -0.4 is 0 Å². The average molecular weight is 231 g/mol. The average Bonchev–Trinajstić information content (AvgIpc) is 2.34. The van der Waals surface area contributed by atoms with Crippen molar-refractivity contribution in [3.05, 3.63) is 53.3 Å². The van der Waals surface area contributed by atoms with E-state index in [4.69, 9.17) is 0 Å². The summed E-state index contributed by atoms with van der Waals surface area (Å²) in [6, 6.07) is 3.75. The van der Waals surface area contributed by atoms with E-state index in [1.165, 1.54) is 4.90 Å². The largest absolute Gasteiger partial charge is 0.508 e. The Morgan fingerprint density at radius 2 is 2.00 bits per heavy atom. The van der Waals surface area contributed by atoms with Gasteiger partial charge in [0.15, 0.2) is 4.90 Å². The highest BCUT2D eigenvalue weighted by Crippen LogP contribution is 2.34. The molecular formula is C14H15OS+. The van der Waals surface area contributed by atoms with Gasteiger partial charge in [-0.15, -0.1) is 0 Å². The van der Waals surface area contributed by atoms with Gasteiger partial charge >= 0.3 is 0 Å². The van der Waals surface area contributed by atoms with Crippen LogP contribution in [0.15, 0.2) is 47.1 Å². The molecule has 2 rings (SSSR count). The van der Waals surface area contributed by atoms with Crippen molar-refractivity contribution >= 4 is 17.0 Å². The normalized spacial score (nSPS) is 13.6. The van der Waals surface area contributed by atoms with Gasteiger partial charge in [-0.3, -0.25) is 0 Å². The minimum absolute atomic E-state index is 0.134. The molecule has 0 spiro atoms. The first kappa shape index (κ1) is 11.1. The van der Waals surface area contributed by atoms with Crippen LogP contribution >= 0.6 is 0 Å². The van der Waals surface area contributed by atoms with E-state index < -0.39 is 0 Å². The first-order valence-electron chi connectivity index (χ1n) is 5.26. The van der Waals surface area contributed by atoms with E-state index >= 15 is 0 Å². The number of hydrogen-bond donors (Lipinski definition) is 1. The molecule has 0 saturated carbocycles. The summed E-state index contributed by atoms with van der Waals surface area (Å²) in [6.45, 7) is 7.67. The Morgan fingerprint density at radius 1 is 1.25 bits per heavy atom. The summed E-state index contributed by atoms with van der Waals surface area (Å²) >= 11 is 0. The molecule has 0 fully saturated rings. The van der Waals surface area contributed by atoms with Crippen molar-refractivity contribution in [2.75, 3.05) is 0 Å². The third kappa shape index (κ3) is 1.81. The van der Waals surface area contributed by atoms with Crippen molar-refractivity contribution in [3.63, 3.8) is 0 Å². The number of phenols is 1. The number of allylic oxidation sites excluding steroid dienone is 1. The Balaban J connectivity index is 2.60. The van der Waals surface area contributed by atoms with Crippen LogP contribution in [-0.4, -0.2) is 5.11 Å². The van der Waals surface area contributed by atoms with Crippen molar-refractivity contribution in [2.45, 2.75) is 17.7 Å². The van der Waals surface area contributed by atoms with E-state index in [9.17, 15) is 5.11 Å². The van der Waals surface area contributed by atoms with Gasteiger partial charge in [0.1, 0.15) is 16.6 Å². The fraction of sp³-hybridized carbons (Fsp3) is 0.143. The van der Waals surface area contributed by atoms with E-state index in [2.05, 4.69) is 25.3 Å². The minimum Gasteiger partial charge on any atom is -0.508 e. The van der Waals surface area contributed by atoms with Gasteiger partial charge in [-0.05, 0) is 25.0 Å². The molecule has 1 N–H and O–H groups in total. The van der Waals surface area contributed by atoms with E-state index in [1.807, 2.05) is 16.9 Å². The van der Waals surface area contributed by atoms with Crippen molar-refractivity contribution in [3.8, 4) is 5.75 Å². The fourth-order valence-electron chi connectivity index (χ4n) is 1.96. The molecule has 1 nitrogen and oxygen atoms in total. The first-order valence-corrected chi connectivity index (χ1v) is 6.61. The zero-order valence-electron chi connectivity index (χ0n) is 9.15. The number of aromatic hydroxyl groups is 1. The van der Waals surface area contributed by atoms with Gasteiger partial charge in [-0.2, -0.15) is 0 Å². The molecule has 0 saturated heterocycles. The fourth-order valence-corrected chi connectivity index (χ4v) is 3.12. The third-order valence-electron chi connectivity index (χ3n) is 2.75. The Morgan fingerprint density at radius 3 is 2.69 bits per heavy atom. The molecule has 0 radical (unpaired) electrons. The predicted octanol–water partition coefficient (Wildman–Crippen LogP) is 3.62. The Bertz CT molecular complexity index is 452. The van der Waals surface area contributed by atoms with Crippen LogP contribution in [0.2, 0.25) is 0 Å². The minimum atomic E-state index is -0.134. The molecule has 0 aromatic heterocycles. The lowest BCUT2D eigenvalue weighted by atomic mass is 9.96. The Kier molecular flexibility index (Phi) is 3.20. The topological polar surface area (TPSA) is 20.2 Å². The second-order valence-corrected chi connectivity index (χ2v) is 5.47. The van der Waals surface area contributed by atoms with Gasteiger partial charge in [-0.1, -0.05) is 25.3 Å². The van der Waals surface area contributed by atoms with E-state index in [0.29, 0.717) is 5.75 Å². The number of benzene rings is 1. The highest BCUT2D eigenvalue weighted by molar-refractivity contribution is 8.02. The Hall–Kier alpha value is -1.41. The number of fused-ring (bicyclic) bond motifs is 1. The molecule has 0 unspecified atom stereocenters. The molecule has 0 heterocycles. The summed E-state index contributed by atoms with van der Waals surface area (Å²) in [5, 5.41) is 13.6. The first-order chi connectivity index (χ1) is 7.77. The van der Waals surface area contributed by atoms with Crippen molar-refractivity contribution in [1.29, 1.82) is 0 Å². The maximum Gasteiger partial charge on any atom is 0.173 e. The number of rotatable bonds is 3. The highest BCUT2D eigenvalue weighted by atomic mass is 32.2. The Labute approximate surface area is 99.2 Å². The zero-order chi connectivity index (χ0) is 11.5. The molecule has 1 aromatic carbocycles. The summed E-state index contributed by atoms with van der Waals surface area (Å²) in [5.41, 5.74) is 2.20. The second-order valence-electron chi connectivity index (χ2n) is 3.62. The second kappa shape index (κ2) is 4.62. The quantitative estimate of drug-likeness (QED) is 0.788. The van der Waals surface area contributed by atoms with Crippen LogP contribution in [0.25, 0.3) is 6.08 Å².